The second-order valence-electron chi connectivity index (χ2n) is 6.44. The largest absolute Gasteiger partial charge is 0.310 e. The van der Waals surface area contributed by atoms with Crippen molar-refractivity contribution < 1.29 is 8.78 Å². The Morgan fingerprint density at radius 2 is 1.96 bits per heavy atom. The smallest absolute Gasteiger partial charge is 0.148 e. The number of H-pyrrole nitrogens is 1. The third-order valence-corrected chi connectivity index (χ3v) is 4.60. The summed E-state index contributed by atoms with van der Waals surface area (Å²) in [7, 11) is 0. The Bertz CT molecular complexity index is 998. The lowest BCUT2D eigenvalue weighted by Crippen LogP contribution is -2.42. The van der Waals surface area contributed by atoms with Crippen molar-refractivity contribution in [3.8, 4) is 11.3 Å². The highest BCUT2D eigenvalue weighted by atomic mass is 19.1. The fourth-order valence-corrected chi connectivity index (χ4v) is 3.55. The number of aliphatic imine (C=N–C) groups is 1. The zero-order valence-corrected chi connectivity index (χ0v) is 13.4. The van der Waals surface area contributed by atoms with Gasteiger partial charge >= 0.3 is 0 Å². The van der Waals surface area contributed by atoms with Crippen LogP contribution in [-0.2, 0) is 6.54 Å². The van der Waals surface area contributed by atoms with Crippen LogP contribution >= 0.6 is 0 Å². The summed E-state index contributed by atoms with van der Waals surface area (Å²) in [6.07, 6.45) is 3.30. The number of nitrogens with zero attached hydrogens (tertiary/aromatic N) is 5. The van der Waals surface area contributed by atoms with Crippen molar-refractivity contribution in [1.82, 2.24) is 20.0 Å². The molecule has 3 aromatic rings. The maximum atomic E-state index is 14.5. The SMILES string of the molecule is C[C@@H]1CN2C(c3c(F)cccc3F)=Nc3cn[nH]c3-c3cnn(c32)C1. The standard InChI is InChI=1S/C17H14F2N6/c1-9-7-24-16(14-11(18)3-2-4-12(14)19)22-13-6-20-23-15(13)10-5-21-25(8-9)17(10)24/h2-6,9H,7-8H2,1H3,(H,20,23)/t9-/m1/s1. The average molecular weight is 340 g/mol. The maximum Gasteiger partial charge on any atom is 0.148 e. The molecule has 0 fully saturated rings. The summed E-state index contributed by atoms with van der Waals surface area (Å²) in [6, 6.07) is 3.84. The molecule has 126 valence electrons. The average Bonchev–Trinajstić information content (AvgIpc) is 3.16. The number of anilines is 1. The summed E-state index contributed by atoms with van der Waals surface area (Å²) < 4.78 is 30.9. The zero-order chi connectivity index (χ0) is 17.1. The van der Waals surface area contributed by atoms with Gasteiger partial charge in [-0.05, 0) is 18.1 Å². The zero-order valence-electron chi connectivity index (χ0n) is 13.4. The number of nitrogens with one attached hydrogen (secondary N) is 1. The first-order chi connectivity index (χ1) is 12.1. The molecule has 1 atom stereocenters. The number of halogens is 2. The Kier molecular flexibility index (Phi) is 2.85. The number of rotatable bonds is 1. The normalized spacial score (nSPS) is 18.4. The topological polar surface area (TPSA) is 62.1 Å². The number of benzene rings is 1. The lowest BCUT2D eigenvalue weighted by molar-refractivity contribution is 0.426. The number of aromatic amines is 1. The van der Waals surface area contributed by atoms with E-state index in [2.05, 4.69) is 27.2 Å². The third kappa shape index (κ3) is 1.97. The molecule has 0 radical (unpaired) electrons. The monoisotopic (exact) mass is 340 g/mol. The van der Waals surface area contributed by atoms with Gasteiger partial charge in [-0.3, -0.25) is 5.10 Å². The first-order valence-corrected chi connectivity index (χ1v) is 8.03. The third-order valence-electron chi connectivity index (χ3n) is 4.60. The van der Waals surface area contributed by atoms with Crippen LogP contribution in [-0.4, -0.2) is 32.4 Å². The van der Waals surface area contributed by atoms with Gasteiger partial charge in [0.05, 0.1) is 29.2 Å². The van der Waals surface area contributed by atoms with Gasteiger partial charge in [0.1, 0.15) is 29.0 Å². The Morgan fingerprint density at radius 1 is 1.16 bits per heavy atom. The molecular weight excluding hydrogens is 326 g/mol. The van der Waals surface area contributed by atoms with Crippen molar-refractivity contribution in [2.75, 3.05) is 11.4 Å². The molecule has 0 bridgehead atoms. The van der Waals surface area contributed by atoms with E-state index >= 15 is 0 Å². The van der Waals surface area contributed by atoms with Gasteiger partial charge in [-0.1, -0.05) is 13.0 Å². The lowest BCUT2D eigenvalue weighted by Gasteiger charge is -2.34. The van der Waals surface area contributed by atoms with Crippen LogP contribution in [0.4, 0.5) is 20.3 Å². The Hall–Kier alpha value is -3.03. The molecule has 5 rings (SSSR count). The van der Waals surface area contributed by atoms with E-state index in [0.717, 1.165) is 17.9 Å². The molecule has 2 aromatic heterocycles. The molecule has 0 spiro atoms. The summed E-state index contributed by atoms with van der Waals surface area (Å²) in [5.74, 6) is -0.00396. The van der Waals surface area contributed by atoms with Crippen molar-refractivity contribution in [3.63, 3.8) is 0 Å². The molecular formula is C17H14F2N6. The molecule has 0 unspecified atom stereocenters. The van der Waals surface area contributed by atoms with Gasteiger partial charge in [-0.15, -0.1) is 0 Å². The summed E-state index contributed by atoms with van der Waals surface area (Å²) >= 11 is 0. The van der Waals surface area contributed by atoms with Gasteiger partial charge < -0.3 is 4.90 Å². The van der Waals surface area contributed by atoms with Crippen LogP contribution in [0.15, 0.2) is 35.6 Å². The van der Waals surface area contributed by atoms with Gasteiger partial charge in [-0.25, -0.2) is 18.5 Å². The molecule has 1 aromatic carbocycles. The van der Waals surface area contributed by atoms with Crippen molar-refractivity contribution in [2.24, 2.45) is 10.9 Å². The Labute approximate surface area is 141 Å². The maximum absolute atomic E-state index is 14.5. The van der Waals surface area contributed by atoms with Crippen molar-refractivity contribution in [1.29, 1.82) is 0 Å². The van der Waals surface area contributed by atoms with E-state index < -0.39 is 11.6 Å². The van der Waals surface area contributed by atoms with Gasteiger partial charge in [0, 0.05) is 13.1 Å². The summed E-state index contributed by atoms with van der Waals surface area (Å²) in [5, 5.41) is 11.4. The van der Waals surface area contributed by atoms with Crippen molar-refractivity contribution >= 4 is 17.3 Å². The number of fused-ring (bicyclic) bond motifs is 2. The van der Waals surface area contributed by atoms with Crippen molar-refractivity contribution in [2.45, 2.75) is 13.5 Å². The highest BCUT2D eigenvalue weighted by molar-refractivity contribution is 6.14. The molecule has 0 saturated heterocycles. The van der Waals surface area contributed by atoms with E-state index in [-0.39, 0.29) is 17.3 Å². The first-order valence-electron chi connectivity index (χ1n) is 8.03. The van der Waals surface area contributed by atoms with E-state index in [1.807, 2.05) is 9.58 Å². The number of hydrogen-bond acceptors (Lipinski definition) is 4. The molecule has 2 aliphatic rings. The fourth-order valence-electron chi connectivity index (χ4n) is 3.55. The van der Waals surface area contributed by atoms with E-state index in [1.165, 1.54) is 18.2 Å². The Morgan fingerprint density at radius 3 is 2.76 bits per heavy atom. The van der Waals surface area contributed by atoms with E-state index in [1.54, 1.807) is 12.4 Å². The molecule has 1 N–H and O–H groups in total. The van der Waals surface area contributed by atoms with Crippen LogP contribution in [0, 0.1) is 17.6 Å². The van der Waals surface area contributed by atoms with Crippen LogP contribution in [0.1, 0.15) is 12.5 Å². The minimum atomic E-state index is -0.642. The van der Waals surface area contributed by atoms with Crippen LogP contribution in [0.25, 0.3) is 11.3 Å². The van der Waals surface area contributed by atoms with Gasteiger partial charge in [0.2, 0.25) is 0 Å². The van der Waals surface area contributed by atoms with E-state index in [0.29, 0.717) is 17.9 Å². The molecule has 25 heavy (non-hydrogen) atoms. The second kappa shape index (κ2) is 4.98. The minimum Gasteiger partial charge on any atom is -0.310 e. The van der Waals surface area contributed by atoms with Gasteiger partial charge in [0.15, 0.2) is 0 Å². The minimum absolute atomic E-state index is 0.135. The van der Waals surface area contributed by atoms with Crippen LogP contribution in [0.2, 0.25) is 0 Å². The fraction of sp³-hybridized carbons (Fsp3) is 0.235. The predicted octanol–water partition coefficient (Wildman–Crippen LogP) is 3.10. The molecule has 0 saturated carbocycles. The van der Waals surface area contributed by atoms with E-state index in [9.17, 15) is 8.78 Å². The number of amidine groups is 1. The molecule has 6 nitrogen and oxygen atoms in total. The first kappa shape index (κ1) is 14.3. The second-order valence-corrected chi connectivity index (χ2v) is 6.44. The predicted molar refractivity (Wildman–Crippen MR) is 88.9 cm³/mol. The molecule has 0 amide bonds. The molecule has 0 aliphatic carbocycles. The summed E-state index contributed by atoms with van der Waals surface area (Å²) in [6.45, 7) is 3.41. The van der Waals surface area contributed by atoms with E-state index in [4.69, 9.17) is 0 Å². The van der Waals surface area contributed by atoms with Gasteiger partial charge in [-0.2, -0.15) is 10.2 Å². The van der Waals surface area contributed by atoms with Crippen LogP contribution in [0.3, 0.4) is 0 Å². The quantitative estimate of drug-likeness (QED) is 0.740. The highest BCUT2D eigenvalue weighted by Gasteiger charge is 2.35. The highest BCUT2D eigenvalue weighted by Crippen LogP contribution is 2.42. The van der Waals surface area contributed by atoms with Crippen molar-refractivity contribution in [3.05, 3.63) is 47.8 Å². The molecule has 4 heterocycles. The number of hydrogen-bond donors (Lipinski definition) is 1. The van der Waals surface area contributed by atoms with Crippen LogP contribution < -0.4 is 4.90 Å². The summed E-state index contributed by atoms with van der Waals surface area (Å²) in [5.41, 5.74) is 1.93. The molecule has 8 heteroatoms. The number of aromatic nitrogens is 4. The Balaban J connectivity index is 1.84. The van der Waals surface area contributed by atoms with Crippen LogP contribution in [0.5, 0.6) is 0 Å². The molecule has 2 aliphatic heterocycles. The van der Waals surface area contributed by atoms with Gasteiger partial charge in [0.25, 0.3) is 0 Å². The summed E-state index contributed by atoms with van der Waals surface area (Å²) in [4.78, 5) is 6.42. The lowest BCUT2D eigenvalue weighted by atomic mass is 10.1.